The maximum absolute atomic E-state index is 15.2. The normalized spacial score (nSPS) is 16.9. The second-order valence-corrected chi connectivity index (χ2v) is 13.0. The number of nitrogens with one attached hydrogen (secondary N) is 1. The van der Waals surface area contributed by atoms with Crippen LogP contribution in [0.25, 0.3) is 21.1 Å². The second kappa shape index (κ2) is 11.7. The summed E-state index contributed by atoms with van der Waals surface area (Å²) in [5.74, 6) is -0.669. The summed E-state index contributed by atoms with van der Waals surface area (Å²) < 4.78 is 32.3. The molecule has 1 atom stereocenters. The van der Waals surface area contributed by atoms with Gasteiger partial charge in [-0.25, -0.2) is 9.18 Å². The third kappa shape index (κ3) is 6.97. The Kier molecular flexibility index (Phi) is 8.85. The number of amides is 1. The average Bonchev–Trinajstić information content (AvgIpc) is 3.43. The summed E-state index contributed by atoms with van der Waals surface area (Å²) in [6.07, 6.45) is -0.531. The average molecular weight is 612 g/mol. The highest BCUT2D eigenvalue weighted by Crippen LogP contribution is 2.39. The lowest BCUT2D eigenvalue weighted by molar-refractivity contribution is -0.0637. The Morgan fingerprint density at radius 1 is 1.20 bits per heavy atom. The van der Waals surface area contributed by atoms with E-state index in [-0.39, 0.29) is 30.0 Å². The van der Waals surface area contributed by atoms with Gasteiger partial charge < -0.3 is 19.5 Å². The highest BCUT2D eigenvalue weighted by molar-refractivity contribution is 7.18. The van der Waals surface area contributed by atoms with Crippen LogP contribution in [0.3, 0.4) is 0 Å². The van der Waals surface area contributed by atoms with Crippen molar-refractivity contribution in [2.45, 2.75) is 71.9 Å². The number of nitrogens with zero attached hydrogens (tertiary/aromatic N) is 3. The summed E-state index contributed by atoms with van der Waals surface area (Å²) in [5, 5.41) is 13.6. The van der Waals surface area contributed by atoms with Crippen molar-refractivity contribution < 1.29 is 23.4 Å². The fourth-order valence-electron chi connectivity index (χ4n) is 4.20. The van der Waals surface area contributed by atoms with Gasteiger partial charge in [0.2, 0.25) is 0 Å². The molecule has 0 radical (unpaired) electrons. The van der Waals surface area contributed by atoms with Crippen molar-refractivity contribution >= 4 is 46.3 Å². The van der Waals surface area contributed by atoms with Crippen LogP contribution >= 0.6 is 34.5 Å². The largest absolute Gasteiger partial charge is 0.488 e. The molecule has 0 saturated carbocycles. The van der Waals surface area contributed by atoms with Crippen LogP contribution in [-0.4, -0.2) is 57.8 Å². The highest BCUT2D eigenvalue weighted by atomic mass is 35.5. The molecule has 2 heterocycles. The van der Waals surface area contributed by atoms with Crippen LogP contribution in [-0.2, 0) is 9.47 Å². The third-order valence-corrected chi connectivity index (χ3v) is 7.56. The van der Waals surface area contributed by atoms with E-state index in [1.807, 2.05) is 32.0 Å². The Morgan fingerprint density at radius 2 is 1.90 bits per heavy atom. The molecular formula is C28H33Cl2FN4O4S. The quantitative estimate of drug-likeness (QED) is 0.291. The molecule has 0 bridgehead atoms. The lowest BCUT2D eigenvalue weighted by Crippen LogP contribution is -2.51. The zero-order valence-corrected chi connectivity index (χ0v) is 25.8. The predicted molar refractivity (Wildman–Crippen MR) is 157 cm³/mol. The lowest BCUT2D eigenvalue weighted by Gasteiger charge is -2.35. The van der Waals surface area contributed by atoms with Crippen molar-refractivity contribution in [3.63, 3.8) is 0 Å². The van der Waals surface area contributed by atoms with Gasteiger partial charge in [0.05, 0.1) is 28.4 Å². The van der Waals surface area contributed by atoms with Crippen LogP contribution in [0.1, 0.15) is 48.5 Å². The van der Waals surface area contributed by atoms with Gasteiger partial charge in [0.25, 0.3) is 0 Å². The van der Waals surface area contributed by atoms with Crippen LogP contribution in [0, 0.1) is 5.82 Å². The van der Waals surface area contributed by atoms with E-state index in [4.69, 9.17) is 37.4 Å². The highest BCUT2D eigenvalue weighted by Gasteiger charge is 2.46. The summed E-state index contributed by atoms with van der Waals surface area (Å²) in [5.41, 5.74) is 0.423. The molecule has 8 nitrogen and oxygen atoms in total. The van der Waals surface area contributed by atoms with Gasteiger partial charge in [-0.1, -0.05) is 34.5 Å². The maximum atomic E-state index is 15.2. The number of hydrogen-bond donors (Lipinski definition) is 1. The standard InChI is InChI=1S/C28H33Cl2FN4O4S/c1-15(2)32-22-9-8-16(10-20(22)30)24-33-34-25(40-24)18-11-21(31)23(12-19(18)29)37-13-17-14-38-28(6,7)35(17)26(36)39-27(3,4)5/h8-12,15,17,32H,13-14H2,1-7H3. The first-order valence-electron chi connectivity index (χ1n) is 12.8. The molecule has 12 heteroatoms. The molecule has 1 unspecified atom stereocenters. The van der Waals surface area contributed by atoms with E-state index in [0.717, 1.165) is 11.3 Å². The zero-order chi connectivity index (χ0) is 29.4. The number of anilines is 1. The lowest BCUT2D eigenvalue weighted by atomic mass is 10.2. The SMILES string of the molecule is CC(C)Nc1ccc(-c2nnc(-c3cc(F)c(OCC4COC(C)(C)N4C(=O)OC(C)(C)C)cc3Cl)s2)cc1Cl. The monoisotopic (exact) mass is 610 g/mol. The minimum absolute atomic E-state index is 0.0132. The summed E-state index contributed by atoms with van der Waals surface area (Å²) >= 11 is 14.2. The minimum atomic E-state index is -0.901. The van der Waals surface area contributed by atoms with Crippen molar-refractivity contribution in [1.82, 2.24) is 15.1 Å². The molecular weight excluding hydrogens is 578 g/mol. The second-order valence-electron chi connectivity index (χ2n) is 11.2. The Bertz CT molecular complexity index is 1390. The number of aromatic nitrogens is 2. The topological polar surface area (TPSA) is 85.8 Å². The van der Waals surface area contributed by atoms with Crippen LogP contribution in [0.15, 0.2) is 30.3 Å². The first-order valence-corrected chi connectivity index (χ1v) is 14.4. The van der Waals surface area contributed by atoms with Crippen molar-refractivity contribution in [1.29, 1.82) is 0 Å². The molecule has 4 rings (SSSR count). The van der Waals surface area contributed by atoms with E-state index >= 15 is 4.39 Å². The van der Waals surface area contributed by atoms with Crippen molar-refractivity contribution in [2.75, 3.05) is 18.5 Å². The van der Waals surface area contributed by atoms with E-state index < -0.39 is 29.3 Å². The Balaban J connectivity index is 1.49. The summed E-state index contributed by atoms with van der Waals surface area (Å²) in [7, 11) is 0. The number of benzene rings is 2. The smallest absolute Gasteiger partial charge is 0.413 e. The molecule has 1 N–H and O–H groups in total. The van der Waals surface area contributed by atoms with Gasteiger partial charge in [0.1, 0.15) is 27.9 Å². The molecule has 3 aromatic rings. The van der Waals surface area contributed by atoms with E-state index in [9.17, 15) is 4.79 Å². The van der Waals surface area contributed by atoms with Crippen LogP contribution < -0.4 is 10.1 Å². The molecule has 1 amide bonds. The first-order chi connectivity index (χ1) is 18.6. The van der Waals surface area contributed by atoms with Crippen LogP contribution in [0.4, 0.5) is 14.9 Å². The van der Waals surface area contributed by atoms with Gasteiger partial charge in [0, 0.05) is 23.2 Å². The van der Waals surface area contributed by atoms with Gasteiger partial charge in [-0.15, -0.1) is 10.2 Å². The van der Waals surface area contributed by atoms with E-state index in [1.165, 1.54) is 28.4 Å². The van der Waals surface area contributed by atoms with E-state index in [0.29, 0.717) is 20.6 Å². The molecule has 1 aromatic heterocycles. The zero-order valence-electron chi connectivity index (χ0n) is 23.5. The summed E-state index contributed by atoms with van der Waals surface area (Å²) in [6, 6.07) is 8.02. The number of carbonyl (C=O) groups excluding carboxylic acids is 1. The Hall–Kier alpha value is -2.66. The van der Waals surface area contributed by atoms with Gasteiger partial charge >= 0.3 is 6.09 Å². The number of hydrogen-bond acceptors (Lipinski definition) is 8. The van der Waals surface area contributed by atoms with Crippen molar-refractivity contribution in [3.05, 3.63) is 46.2 Å². The fourth-order valence-corrected chi connectivity index (χ4v) is 5.60. The molecule has 2 aromatic carbocycles. The predicted octanol–water partition coefficient (Wildman–Crippen LogP) is 7.89. The number of halogens is 3. The molecule has 40 heavy (non-hydrogen) atoms. The number of rotatable bonds is 7. The van der Waals surface area contributed by atoms with Gasteiger partial charge in [-0.2, -0.15) is 0 Å². The fraction of sp³-hybridized carbons (Fsp3) is 0.464. The van der Waals surface area contributed by atoms with Crippen molar-refractivity contribution in [3.8, 4) is 26.9 Å². The van der Waals surface area contributed by atoms with Crippen LogP contribution in [0.5, 0.6) is 5.75 Å². The number of carbonyl (C=O) groups is 1. The molecule has 1 aliphatic rings. The molecule has 1 fully saturated rings. The first kappa shape index (κ1) is 30.3. The van der Waals surface area contributed by atoms with Crippen LogP contribution in [0.2, 0.25) is 10.0 Å². The van der Waals surface area contributed by atoms with E-state index in [2.05, 4.69) is 15.5 Å². The summed E-state index contributed by atoms with van der Waals surface area (Å²) in [6.45, 7) is 13.2. The minimum Gasteiger partial charge on any atom is -0.488 e. The van der Waals surface area contributed by atoms with E-state index in [1.54, 1.807) is 34.6 Å². The Morgan fingerprint density at radius 3 is 2.55 bits per heavy atom. The molecule has 0 aliphatic carbocycles. The Labute approximate surface area is 247 Å². The van der Waals surface area contributed by atoms with Gasteiger partial charge in [-0.05, 0) is 72.7 Å². The van der Waals surface area contributed by atoms with Gasteiger partial charge in [-0.3, -0.25) is 4.90 Å². The summed E-state index contributed by atoms with van der Waals surface area (Å²) in [4.78, 5) is 14.3. The molecule has 1 aliphatic heterocycles. The number of ether oxygens (including phenoxy) is 3. The molecule has 1 saturated heterocycles. The van der Waals surface area contributed by atoms with Gasteiger partial charge in [0.15, 0.2) is 11.6 Å². The molecule has 0 spiro atoms. The maximum Gasteiger partial charge on any atom is 0.413 e. The van der Waals surface area contributed by atoms with Crippen molar-refractivity contribution in [2.24, 2.45) is 0 Å². The molecule has 216 valence electrons. The third-order valence-electron chi connectivity index (χ3n) is 5.93.